The van der Waals surface area contributed by atoms with E-state index in [9.17, 15) is 14.4 Å². The van der Waals surface area contributed by atoms with Gasteiger partial charge in [-0.05, 0) is 48.7 Å². The van der Waals surface area contributed by atoms with Crippen molar-refractivity contribution in [1.29, 1.82) is 0 Å². The van der Waals surface area contributed by atoms with E-state index in [1.54, 1.807) is 35.2 Å². The van der Waals surface area contributed by atoms with Gasteiger partial charge in [0.05, 0.1) is 23.4 Å². The van der Waals surface area contributed by atoms with Crippen LogP contribution in [0.15, 0.2) is 46.4 Å². The van der Waals surface area contributed by atoms with Crippen molar-refractivity contribution in [2.45, 2.75) is 12.8 Å². The summed E-state index contributed by atoms with van der Waals surface area (Å²) in [6, 6.07) is 9.30. The fourth-order valence-electron chi connectivity index (χ4n) is 3.34. The zero-order valence-electron chi connectivity index (χ0n) is 14.6. The normalized spacial score (nSPS) is 14.6. The number of methoxy groups -OCH3 is 1. The first-order valence-corrected chi connectivity index (χ1v) is 8.47. The molecule has 0 aliphatic carbocycles. The molecule has 0 bridgehead atoms. The number of hydrogen-bond donors (Lipinski definition) is 1. The second-order valence-corrected chi connectivity index (χ2v) is 6.19. The third kappa shape index (κ3) is 3.05. The second-order valence-electron chi connectivity index (χ2n) is 6.19. The number of carbonyl (C=O) groups is 3. The average molecular weight is 364 g/mol. The monoisotopic (exact) mass is 364 g/mol. The molecule has 2 heterocycles. The predicted octanol–water partition coefficient (Wildman–Crippen LogP) is 1.83. The maximum atomic E-state index is 12.8. The molecule has 8 nitrogen and oxygen atoms in total. The van der Waals surface area contributed by atoms with Crippen molar-refractivity contribution >= 4 is 29.4 Å². The van der Waals surface area contributed by atoms with Gasteiger partial charge in [-0.1, -0.05) is 6.07 Å². The molecule has 0 unspecified atom stereocenters. The standard InChI is InChI=1S/C19H16N4O4/c1-27-17(24)13-4-2-6-16-12(13)5-3-9-23(16)19(26)20-11-7-8-14-15(10-11)22-18(25)21-14/h2,4,6-8,10H,3,5,9H2,1H3,(H,20,26). The van der Waals surface area contributed by atoms with Gasteiger partial charge in [0, 0.05) is 17.9 Å². The molecule has 0 spiro atoms. The quantitative estimate of drug-likeness (QED) is 0.822. The van der Waals surface area contributed by atoms with Crippen molar-refractivity contribution in [2.75, 3.05) is 23.9 Å². The number of esters is 1. The van der Waals surface area contributed by atoms with E-state index >= 15 is 0 Å². The van der Waals surface area contributed by atoms with Crippen LogP contribution in [0.4, 0.5) is 21.0 Å². The first-order valence-electron chi connectivity index (χ1n) is 8.47. The summed E-state index contributed by atoms with van der Waals surface area (Å²) in [7, 11) is 1.34. The Morgan fingerprint density at radius 1 is 1.15 bits per heavy atom. The average Bonchev–Trinajstić information content (AvgIpc) is 3.05. The van der Waals surface area contributed by atoms with Gasteiger partial charge < -0.3 is 10.1 Å². The molecule has 2 aliphatic heterocycles. The minimum absolute atomic E-state index is 0.320. The lowest BCUT2D eigenvalue weighted by molar-refractivity contribution is 0.0599. The minimum atomic E-state index is -0.547. The number of benzene rings is 2. The Balaban J connectivity index is 1.63. The van der Waals surface area contributed by atoms with Crippen LogP contribution in [0, 0.1) is 0 Å². The lowest BCUT2D eigenvalue weighted by atomic mass is 9.96. The fourth-order valence-corrected chi connectivity index (χ4v) is 3.34. The molecule has 4 rings (SSSR count). The maximum absolute atomic E-state index is 12.8. The minimum Gasteiger partial charge on any atom is -0.465 e. The SMILES string of the molecule is COC(=O)c1cccc2c1CCCN2C(=O)Nc1ccc2c(c1)=NC(=O)N=2. The molecule has 0 fully saturated rings. The van der Waals surface area contributed by atoms with Crippen molar-refractivity contribution in [1.82, 2.24) is 0 Å². The van der Waals surface area contributed by atoms with Gasteiger partial charge in [0.15, 0.2) is 0 Å². The highest BCUT2D eigenvalue weighted by Crippen LogP contribution is 2.30. The third-order valence-electron chi connectivity index (χ3n) is 4.56. The predicted molar refractivity (Wildman–Crippen MR) is 96.6 cm³/mol. The van der Waals surface area contributed by atoms with Crippen LogP contribution in [0.1, 0.15) is 22.3 Å². The van der Waals surface area contributed by atoms with Gasteiger partial charge >= 0.3 is 18.0 Å². The molecule has 1 N–H and O–H groups in total. The number of urea groups is 2. The molecule has 0 radical (unpaired) electrons. The van der Waals surface area contributed by atoms with Crippen molar-refractivity contribution in [3.63, 3.8) is 0 Å². The van der Waals surface area contributed by atoms with Crippen LogP contribution in [0.5, 0.6) is 0 Å². The number of rotatable bonds is 2. The van der Waals surface area contributed by atoms with Gasteiger partial charge in [-0.15, -0.1) is 0 Å². The van der Waals surface area contributed by atoms with Gasteiger partial charge in [0.25, 0.3) is 0 Å². The molecule has 27 heavy (non-hydrogen) atoms. The highest BCUT2D eigenvalue weighted by atomic mass is 16.5. The first kappa shape index (κ1) is 16.9. The summed E-state index contributed by atoms with van der Waals surface area (Å²) in [5.74, 6) is -0.414. The van der Waals surface area contributed by atoms with Crippen LogP contribution in [-0.2, 0) is 11.2 Å². The molecule has 8 heteroatoms. The highest BCUT2D eigenvalue weighted by Gasteiger charge is 2.26. The molecule has 0 aromatic heterocycles. The highest BCUT2D eigenvalue weighted by molar-refractivity contribution is 6.04. The van der Waals surface area contributed by atoms with Crippen molar-refractivity contribution < 1.29 is 19.1 Å². The number of ether oxygens (including phenoxy) is 1. The van der Waals surface area contributed by atoms with E-state index in [1.807, 2.05) is 6.07 Å². The van der Waals surface area contributed by atoms with Gasteiger partial charge in [-0.2, -0.15) is 9.98 Å². The number of fused-ring (bicyclic) bond motifs is 2. The molecule has 0 saturated carbocycles. The smallest absolute Gasteiger partial charge is 0.368 e. The number of nitrogens with zero attached hydrogens (tertiary/aromatic N) is 3. The Morgan fingerprint density at radius 2 is 1.96 bits per heavy atom. The number of amides is 4. The molecule has 2 aromatic rings. The Hall–Kier alpha value is -3.55. The molecular weight excluding hydrogens is 348 g/mol. The van der Waals surface area contributed by atoms with Crippen LogP contribution in [0.2, 0.25) is 0 Å². The van der Waals surface area contributed by atoms with E-state index < -0.39 is 12.0 Å². The molecule has 0 saturated heterocycles. The topological polar surface area (TPSA) is 100 Å². The van der Waals surface area contributed by atoms with Crippen LogP contribution < -0.4 is 20.9 Å². The summed E-state index contributed by atoms with van der Waals surface area (Å²) in [4.78, 5) is 45.2. The first-order chi connectivity index (χ1) is 13.1. The van der Waals surface area contributed by atoms with Gasteiger partial charge in [0.1, 0.15) is 0 Å². The Kier molecular flexibility index (Phi) is 4.15. The van der Waals surface area contributed by atoms with E-state index in [0.717, 1.165) is 12.0 Å². The number of nitrogens with one attached hydrogen (secondary N) is 1. The van der Waals surface area contributed by atoms with E-state index in [4.69, 9.17) is 4.74 Å². The van der Waals surface area contributed by atoms with Crippen molar-refractivity contribution in [3.05, 3.63) is 58.2 Å². The third-order valence-corrected chi connectivity index (χ3v) is 4.56. The zero-order chi connectivity index (χ0) is 19.0. The Morgan fingerprint density at radius 3 is 2.78 bits per heavy atom. The van der Waals surface area contributed by atoms with Crippen molar-refractivity contribution in [3.8, 4) is 0 Å². The fraction of sp³-hybridized carbons (Fsp3) is 0.211. The molecule has 2 aromatic carbocycles. The molecular formula is C19H16N4O4. The lowest BCUT2D eigenvalue weighted by Gasteiger charge is -2.30. The zero-order valence-corrected chi connectivity index (χ0v) is 14.6. The molecule has 136 valence electrons. The van der Waals surface area contributed by atoms with Crippen LogP contribution in [0.25, 0.3) is 0 Å². The van der Waals surface area contributed by atoms with Crippen molar-refractivity contribution in [2.24, 2.45) is 9.98 Å². The summed E-state index contributed by atoms with van der Waals surface area (Å²) in [5.41, 5.74) is 2.49. The largest absolute Gasteiger partial charge is 0.465 e. The second kappa shape index (κ2) is 6.64. The lowest BCUT2D eigenvalue weighted by Crippen LogP contribution is -2.39. The van der Waals surface area contributed by atoms with Gasteiger partial charge in [-0.25, -0.2) is 14.4 Å². The number of carbonyl (C=O) groups excluding carboxylic acids is 3. The Bertz CT molecular complexity index is 1090. The number of hydrogen-bond acceptors (Lipinski definition) is 4. The summed E-state index contributed by atoms with van der Waals surface area (Å²) >= 11 is 0. The van der Waals surface area contributed by atoms with Crippen LogP contribution in [0.3, 0.4) is 0 Å². The van der Waals surface area contributed by atoms with Crippen LogP contribution >= 0.6 is 0 Å². The summed E-state index contributed by atoms with van der Waals surface area (Å²) < 4.78 is 4.84. The number of anilines is 2. The summed E-state index contributed by atoms with van der Waals surface area (Å²) in [6.45, 7) is 0.534. The van der Waals surface area contributed by atoms with E-state index in [1.165, 1.54) is 7.11 Å². The van der Waals surface area contributed by atoms with E-state index in [0.29, 0.717) is 40.6 Å². The van der Waals surface area contributed by atoms with E-state index in [2.05, 4.69) is 15.3 Å². The Labute approximate surface area is 154 Å². The molecule has 4 amide bonds. The van der Waals surface area contributed by atoms with Crippen LogP contribution in [-0.4, -0.2) is 31.7 Å². The molecule has 0 atom stereocenters. The van der Waals surface area contributed by atoms with Gasteiger partial charge in [-0.3, -0.25) is 4.90 Å². The summed E-state index contributed by atoms with van der Waals surface area (Å²) in [6.07, 6.45) is 1.44. The van der Waals surface area contributed by atoms with E-state index in [-0.39, 0.29) is 6.03 Å². The maximum Gasteiger partial charge on any atom is 0.368 e. The summed E-state index contributed by atoms with van der Waals surface area (Å²) in [5, 5.41) is 3.74. The van der Waals surface area contributed by atoms with Gasteiger partial charge in [0.2, 0.25) is 0 Å². The molecule has 2 aliphatic rings.